The summed E-state index contributed by atoms with van der Waals surface area (Å²) in [6.45, 7) is 6.36. The van der Waals surface area contributed by atoms with E-state index in [-0.39, 0.29) is 31.1 Å². The minimum Gasteiger partial charge on any atom is -0.462 e. The van der Waals surface area contributed by atoms with Gasteiger partial charge in [-0.3, -0.25) is 14.4 Å². The Morgan fingerprint density at radius 3 is 0.735 bits per heavy atom. The van der Waals surface area contributed by atoms with Crippen molar-refractivity contribution < 1.29 is 28.6 Å². The van der Waals surface area contributed by atoms with E-state index in [2.05, 4.69) is 142 Å². The maximum atomic E-state index is 12.9. The Balaban J connectivity index is 3.99. The molecule has 83 heavy (non-hydrogen) atoms. The number of hydrogen-bond donors (Lipinski definition) is 0. The van der Waals surface area contributed by atoms with E-state index < -0.39 is 6.10 Å². The lowest BCUT2D eigenvalue weighted by Gasteiger charge is -2.18. The molecule has 0 aromatic rings. The molecular weight excluding hydrogens is 1020 g/mol. The predicted molar refractivity (Wildman–Crippen MR) is 362 cm³/mol. The summed E-state index contributed by atoms with van der Waals surface area (Å²) in [5, 5.41) is 0. The first-order valence-corrected chi connectivity index (χ1v) is 35.0. The fraction of sp³-hybridized carbons (Fsp3) is 0.701. The molecule has 1 atom stereocenters. The highest BCUT2D eigenvalue weighted by molar-refractivity contribution is 5.71. The summed E-state index contributed by atoms with van der Waals surface area (Å²) < 4.78 is 16.8. The molecule has 474 valence electrons. The van der Waals surface area contributed by atoms with Crippen LogP contribution >= 0.6 is 0 Å². The van der Waals surface area contributed by atoms with Crippen molar-refractivity contribution in [3.8, 4) is 0 Å². The van der Waals surface area contributed by atoms with E-state index in [0.717, 1.165) is 128 Å². The highest BCUT2D eigenvalue weighted by Crippen LogP contribution is 2.17. The SMILES string of the molecule is CC/C=C\C/C=C\C/C=C\C/C=C\C/C=C\CCCCCCCCCCCCCCCCCC(=O)OCC(COC(=O)CCCCCCC)OC(=O)CCCCCCCCCCCCCCC/C=C\C/C=C\C/C=C\C/C=C\C/C=C\CC. The quantitative estimate of drug-likeness (QED) is 0.0261. The summed E-state index contributed by atoms with van der Waals surface area (Å²) >= 11 is 0. The fourth-order valence-electron chi connectivity index (χ4n) is 9.79. The van der Waals surface area contributed by atoms with Gasteiger partial charge in [0.25, 0.3) is 0 Å². The van der Waals surface area contributed by atoms with Gasteiger partial charge in [-0.1, -0.05) is 322 Å². The number of esters is 3. The Hall–Kier alpha value is -4.19. The molecule has 0 amide bonds. The Morgan fingerprint density at radius 2 is 0.470 bits per heavy atom. The van der Waals surface area contributed by atoms with E-state index in [4.69, 9.17) is 14.2 Å². The van der Waals surface area contributed by atoms with Crippen molar-refractivity contribution in [3.05, 3.63) is 122 Å². The average Bonchev–Trinajstić information content (AvgIpc) is 3.49. The first kappa shape index (κ1) is 78.8. The van der Waals surface area contributed by atoms with Gasteiger partial charge in [-0.25, -0.2) is 0 Å². The number of hydrogen-bond acceptors (Lipinski definition) is 6. The van der Waals surface area contributed by atoms with Crippen LogP contribution in [-0.2, 0) is 28.6 Å². The van der Waals surface area contributed by atoms with Crippen LogP contribution in [-0.4, -0.2) is 37.2 Å². The summed E-state index contributed by atoms with van der Waals surface area (Å²) in [6, 6.07) is 0. The molecule has 0 aromatic heterocycles. The van der Waals surface area contributed by atoms with Crippen LogP contribution in [0.2, 0.25) is 0 Å². The van der Waals surface area contributed by atoms with Crippen LogP contribution in [0.3, 0.4) is 0 Å². The molecule has 6 heteroatoms. The van der Waals surface area contributed by atoms with Gasteiger partial charge in [-0.2, -0.15) is 0 Å². The molecule has 0 radical (unpaired) electrons. The molecule has 0 saturated carbocycles. The summed E-state index contributed by atoms with van der Waals surface area (Å²) in [5.41, 5.74) is 0. The predicted octanol–water partition coefficient (Wildman–Crippen LogP) is 24.3. The molecule has 0 aliphatic carbocycles. The zero-order valence-corrected chi connectivity index (χ0v) is 54.4. The van der Waals surface area contributed by atoms with Gasteiger partial charge in [0, 0.05) is 19.3 Å². The van der Waals surface area contributed by atoms with Crippen molar-refractivity contribution >= 4 is 17.9 Å². The topological polar surface area (TPSA) is 78.9 Å². The molecule has 0 bridgehead atoms. The van der Waals surface area contributed by atoms with Crippen molar-refractivity contribution in [2.75, 3.05) is 13.2 Å². The van der Waals surface area contributed by atoms with Gasteiger partial charge in [0.2, 0.25) is 0 Å². The van der Waals surface area contributed by atoms with Crippen molar-refractivity contribution in [3.63, 3.8) is 0 Å². The Morgan fingerprint density at radius 1 is 0.253 bits per heavy atom. The van der Waals surface area contributed by atoms with Crippen LogP contribution < -0.4 is 0 Å². The van der Waals surface area contributed by atoms with E-state index in [9.17, 15) is 14.4 Å². The van der Waals surface area contributed by atoms with Crippen molar-refractivity contribution in [2.45, 2.75) is 335 Å². The third-order valence-electron chi connectivity index (χ3n) is 15.0. The number of carbonyl (C=O) groups excluding carboxylic acids is 3. The molecule has 0 aromatic carbocycles. The van der Waals surface area contributed by atoms with Crippen LogP contribution in [0, 0.1) is 0 Å². The van der Waals surface area contributed by atoms with Gasteiger partial charge in [0.05, 0.1) is 0 Å². The van der Waals surface area contributed by atoms with Gasteiger partial charge in [0.15, 0.2) is 6.10 Å². The second-order valence-corrected chi connectivity index (χ2v) is 23.0. The standard InChI is InChI=1S/C77H130O6/c1-4-7-10-13-15-17-19-21-23-25-27-29-31-33-35-37-38-40-41-43-45-47-49-51-53-55-57-59-61-64-67-70-76(79)82-73-74(72-81-75(78)69-66-63-12-9-6-3)83-77(80)71-68-65-62-60-58-56-54-52-50-48-46-44-42-39-36-34-32-30-28-26-24-22-20-18-16-14-11-8-5-2/h7-8,10-11,15-18,21-24,27-30,33-36,74H,4-6,9,12-14,19-20,25-26,31-32,37-73H2,1-3H3/b10-7-,11-8-,17-15-,18-16-,23-21-,24-22-,29-27-,30-28-,35-33-,36-34-. The largest absolute Gasteiger partial charge is 0.462 e. The second-order valence-electron chi connectivity index (χ2n) is 23.0. The van der Waals surface area contributed by atoms with Gasteiger partial charge >= 0.3 is 17.9 Å². The molecule has 0 N–H and O–H groups in total. The summed E-state index contributed by atoms with van der Waals surface area (Å²) in [4.78, 5) is 38.0. The van der Waals surface area contributed by atoms with Crippen molar-refractivity contribution in [1.29, 1.82) is 0 Å². The van der Waals surface area contributed by atoms with Gasteiger partial charge in [0.1, 0.15) is 13.2 Å². The maximum absolute atomic E-state index is 12.9. The molecule has 0 fully saturated rings. The van der Waals surface area contributed by atoms with Gasteiger partial charge < -0.3 is 14.2 Å². The second kappa shape index (κ2) is 70.3. The molecule has 0 aliphatic rings. The molecule has 0 heterocycles. The van der Waals surface area contributed by atoms with E-state index in [1.54, 1.807) is 0 Å². The number of unbranched alkanes of at least 4 members (excludes halogenated alkanes) is 32. The maximum Gasteiger partial charge on any atom is 0.306 e. The third-order valence-corrected chi connectivity index (χ3v) is 15.0. The smallest absolute Gasteiger partial charge is 0.306 e. The highest BCUT2D eigenvalue weighted by Gasteiger charge is 2.19. The Bertz CT molecular complexity index is 1700. The first-order valence-electron chi connectivity index (χ1n) is 35.0. The van der Waals surface area contributed by atoms with Crippen molar-refractivity contribution in [2.24, 2.45) is 0 Å². The van der Waals surface area contributed by atoms with Gasteiger partial charge in [-0.05, 0) is 109 Å². The monoisotopic (exact) mass is 1150 g/mol. The van der Waals surface area contributed by atoms with E-state index in [0.29, 0.717) is 19.3 Å². The minimum absolute atomic E-state index is 0.0768. The molecule has 0 rings (SSSR count). The van der Waals surface area contributed by atoms with Crippen LogP contribution in [0.4, 0.5) is 0 Å². The number of carbonyl (C=O) groups is 3. The lowest BCUT2D eigenvalue weighted by Crippen LogP contribution is -2.30. The first-order chi connectivity index (χ1) is 41.0. The number of allylic oxidation sites excluding steroid dienone is 20. The molecule has 6 nitrogen and oxygen atoms in total. The third kappa shape index (κ3) is 68.5. The number of rotatable bonds is 63. The molecule has 0 spiro atoms. The van der Waals surface area contributed by atoms with Crippen LogP contribution in [0.25, 0.3) is 0 Å². The van der Waals surface area contributed by atoms with Crippen LogP contribution in [0.1, 0.15) is 329 Å². The summed E-state index contributed by atoms with van der Waals surface area (Å²) in [6.07, 6.45) is 98.5. The van der Waals surface area contributed by atoms with Crippen LogP contribution in [0.5, 0.6) is 0 Å². The fourth-order valence-corrected chi connectivity index (χ4v) is 9.79. The van der Waals surface area contributed by atoms with Crippen LogP contribution in [0.15, 0.2) is 122 Å². The molecule has 0 saturated heterocycles. The summed E-state index contributed by atoms with van der Waals surface area (Å²) in [7, 11) is 0. The highest BCUT2D eigenvalue weighted by atomic mass is 16.6. The Kier molecular flexibility index (Phi) is 66.7. The minimum atomic E-state index is -0.777. The van der Waals surface area contributed by atoms with Gasteiger partial charge in [-0.15, -0.1) is 0 Å². The molecule has 0 aliphatic heterocycles. The van der Waals surface area contributed by atoms with E-state index >= 15 is 0 Å². The lowest BCUT2D eigenvalue weighted by atomic mass is 10.0. The summed E-state index contributed by atoms with van der Waals surface area (Å²) in [5.74, 6) is -0.882. The lowest BCUT2D eigenvalue weighted by molar-refractivity contribution is -0.167. The number of ether oxygens (including phenoxy) is 3. The zero-order chi connectivity index (χ0) is 59.9. The van der Waals surface area contributed by atoms with E-state index in [1.165, 1.54) is 161 Å². The average molecular weight is 1150 g/mol. The molecule has 1 unspecified atom stereocenters. The van der Waals surface area contributed by atoms with Crippen molar-refractivity contribution in [1.82, 2.24) is 0 Å². The normalized spacial score (nSPS) is 12.9. The molecular formula is C77H130O6. The van der Waals surface area contributed by atoms with E-state index in [1.807, 2.05) is 0 Å². The Labute approximate surface area is 513 Å². The zero-order valence-electron chi connectivity index (χ0n) is 54.4.